The Balaban J connectivity index is 0.00000200. The number of aryl methyl sites for hydroxylation is 2. The van der Waals surface area contributed by atoms with E-state index >= 15 is 0 Å². The molecule has 1 fully saturated rings. The Morgan fingerprint density at radius 2 is 2.05 bits per heavy atom. The molecule has 114 valence electrons. The Kier molecular flexibility index (Phi) is 7.02. The molecule has 6 heteroatoms. The number of nitrogens with one attached hydrogen (secondary N) is 2. The quantitative estimate of drug-likeness (QED) is 0.716. The molecule has 1 aromatic heterocycles. The number of amides is 1. The van der Waals surface area contributed by atoms with Crippen LogP contribution in [0, 0.1) is 0 Å². The molecular weight excluding hydrogens is 278 g/mol. The van der Waals surface area contributed by atoms with Crippen LogP contribution in [0.15, 0.2) is 4.52 Å². The van der Waals surface area contributed by atoms with Gasteiger partial charge < -0.3 is 15.2 Å². The van der Waals surface area contributed by atoms with Gasteiger partial charge in [-0.15, -0.1) is 12.4 Å². The van der Waals surface area contributed by atoms with E-state index in [-0.39, 0.29) is 18.3 Å². The highest BCUT2D eigenvalue weighted by molar-refractivity contribution is 5.85. The molecule has 0 aromatic carbocycles. The highest BCUT2D eigenvalue weighted by Crippen LogP contribution is 2.18. The molecule has 0 unspecified atom stereocenters. The van der Waals surface area contributed by atoms with Crippen molar-refractivity contribution in [2.75, 3.05) is 13.1 Å². The van der Waals surface area contributed by atoms with Crippen molar-refractivity contribution in [3.63, 3.8) is 0 Å². The lowest BCUT2D eigenvalue weighted by atomic mass is 10.1. The van der Waals surface area contributed by atoms with E-state index in [9.17, 15) is 4.79 Å². The van der Waals surface area contributed by atoms with E-state index in [0.717, 1.165) is 36.4 Å². The van der Waals surface area contributed by atoms with Crippen LogP contribution in [-0.2, 0) is 24.1 Å². The zero-order chi connectivity index (χ0) is 13.7. The maximum Gasteiger partial charge on any atom is 0.224 e. The van der Waals surface area contributed by atoms with E-state index in [1.807, 2.05) is 13.8 Å². The fraction of sp³-hybridized carbons (Fsp3) is 0.714. The first-order valence-corrected chi connectivity index (χ1v) is 7.21. The molecule has 0 bridgehead atoms. The summed E-state index contributed by atoms with van der Waals surface area (Å²) in [5.74, 6) is 0.883. The number of nitrogens with zero attached hydrogens (tertiary/aromatic N) is 1. The van der Waals surface area contributed by atoms with E-state index in [1.54, 1.807) is 0 Å². The fourth-order valence-electron chi connectivity index (χ4n) is 2.13. The summed E-state index contributed by atoms with van der Waals surface area (Å²) in [6.07, 6.45) is 4.50. The normalized spacial score (nSPS) is 13.9. The summed E-state index contributed by atoms with van der Waals surface area (Å²) < 4.78 is 5.26. The Labute approximate surface area is 126 Å². The van der Waals surface area contributed by atoms with Crippen molar-refractivity contribution in [1.29, 1.82) is 0 Å². The minimum atomic E-state index is 0. The van der Waals surface area contributed by atoms with Crippen LogP contribution in [0.5, 0.6) is 0 Å². The Hall–Kier alpha value is -1.07. The van der Waals surface area contributed by atoms with E-state index in [4.69, 9.17) is 4.52 Å². The van der Waals surface area contributed by atoms with Crippen LogP contribution < -0.4 is 10.6 Å². The number of halogens is 1. The standard InChI is InChI=1S/C14H23N3O2.ClH/c1-3-12-11(13(4-2)19-17-12)9-14(18)16-8-7-15-10-5-6-10;/h10,15H,3-9H2,1-2H3,(H,16,18);1H. The molecule has 1 heterocycles. The fourth-order valence-corrected chi connectivity index (χ4v) is 2.13. The molecule has 2 rings (SSSR count). The van der Waals surface area contributed by atoms with Crippen LogP contribution in [-0.4, -0.2) is 30.2 Å². The van der Waals surface area contributed by atoms with Gasteiger partial charge in [0.1, 0.15) is 5.76 Å². The number of carbonyl (C=O) groups excluding carboxylic acids is 1. The Morgan fingerprint density at radius 1 is 1.30 bits per heavy atom. The molecule has 0 radical (unpaired) electrons. The third-order valence-corrected chi connectivity index (χ3v) is 3.40. The van der Waals surface area contributed by atoms with Gasteiger partial charge in [0.2, 0.25) is 5.91 Å². The molecule has 0 aliphatic heterocycles. The first-order chi connectivity index (χ1) is 9.24. The maximum absolute atomic E-state index is 11.9. The highest BCUT2D eigenvalue weighted by atomic mass is 35.5. The smallest absolute Gasteiger partial charge is 0.224 e. The molecule has 20 heavy (non-hydrogen) atoms. The average Bonchev–Trinajstić information content (AvgIpc) is 3.15. The summed E-state index contributed by atoms with van der Waals surface area (Å²) in [7, 11) is 0. The van der Waals surface area contributed by atoms with Crippen molar-refractivity contribution in [2.45, 2.75) is 52.0 Å². The second-order valence-corrected chi connectivity index (χ2v) is 4.99. The molecule has 1 saturated carbocycles. The van der Waals surface area contributed by atoms with Gasteiger partial charge in [-0.2, -0.15) is 0 Å². The highest BCUT2D eigenvalue weighted by Gasteiger charge is 2.20. The summed E-state index contributed by atoms with van der Waals surface area (Å²) in [4.78, 5) is 11.9. The topological polar surface area (TPSA) is 67.2 Å². The van der Waals surface area contributed by atoms with Gasteiger partial charge in [0, 0.05) is 31.1 Å². The third kappa shape index (κ3) is 4.80. The summed E-state index contributed by atoms with van der Waals surface area (Å²) in [6.45, 7) is 5.57. The van der Waals surface area contributed by atoms with Crippen LogP contribution >= 0.6 is 12.4 Å². The number of hydrogen-bond donors (Lipinski definition) is 2. The second kappa shape index (κ2) is 8.27. The van der Waals surface area contributed by atoms with Gasteiger partial charge in [-0.3, -0.25) is 4.79 Å². The van der Waals surface area contributed by atoms with E-state index in [0.29, 0.717) is 19.0 Å². The van der Waals surface area contributed by atoms with Crippen LogP contribution in [0.3, 0.4) is 0 Å². The summed E-state index contributed by atoms with van der Waals surface area (Å²) in [6, 6.07) is 0.688. The van der Waals surface area contributed by atoms with Crippen molar-refractivity contribution >= 4 is 18.3 Å². The Bertz CT molecular complexity index is 409. The number of rotatable bonds is 8. The summed E-state index contributed by atoms with van der Waals surface area (Å²) >= 11 is 0. The van der Waals surface area contributed by atoms with Crippen LogP contribution in [0.4, 0.5) is 0 Å². The van der Waals surface area contributed by atoms with Gasteiger partial charge in [0.15, 0.2) is 0 Å². The molecule has 1 amide bonds. The van der Waals surface area contributed by atoms with E-state index in [1.165, 1.54) is 12.8 Å². The molecule has 1 aliphatic rings. The van der Waals surface area contributed by atoms with E-state index < -0.39 is 0 Å². The van der Waals surface area contributed by atoms with Crippen molar-refractivity contribution in [2.24, 2.45) is 0 Å². The Morgan fingerprint density at radius 3 is 2.65 bits per heavy atom. The number of aromatic nitrogens is 1. The zero-order valence-electron chi connectivity index (χ0n) is 12.2. The SMILES string of the molecule is CCc1noc(CC)c1CC(=O)NCCNC1CC1.Cl. The molecule has 1 aromatic rings. The molecule has 0 spiro atoms. The third-order valence-electron chi connectivity index (χ3n) is 3.40. The maximum atomic E-state index is 11.9. The largest absolute Gasteiger partial charge is 0.361 e. The molecule has 5 nitrogen and oxygen atoms in total. The van der Waals surface area contributed by atoms with Gasteiger partial charge in [0.25, 0.3) is 0 Å². The molecule has 2 N–H and O–H groups in total. The lowest BCUT2D eigenvalue weighted by Gasteiger charge is -2.06. The average molecular weight is 302 g/mol. The monoisotopic (exact) mass is 301 g/mol. The van der Waals surface area contributed by atoms with Gasteiger partial charge in [-0.25, -0.2) is 0 Å². The molecule has 0 atom stereocenters. The summed E-state index contributed by atoms with van der Waals surface area (Å²) in [5, 5.41) is 10.3. The lowest BCUT2D eigenvalue weighted by Crippen LogP contribution is -2.33. The molecule has 1 aliphatic carbocycles. The van der Waals surface area contributed by atoms with Crippen LogP contribution in [0.1, 0.15) is 43.7 Å². The first kappa shape index (κ1) is 17.0. The van der Waals surface area contributed by atoms with Crippen LogP contribution in [0.25, 0.3) is 0 Å². The minimum absolute atomic E-state index is 0. The first-order valence-electron chi connectivity index (χ1n) is 7.21. The predicted octanol–water partition coefficient (Wildman–Crippen LogP) is 1.63. The van der Waals surface area contributed by atoms with Gasteiger partial charge in [0.05, 0.1) is 12.1 Å². The van der Waals surface area contributed by atoms with Gasteiger partial charge in [-0.05, 0) is 19.3 Å². The van der Waals surface area contributed by atoms with Gasteiger partial charge in [-0.1, -0.05) is 19.0 Å². The second-order valence-electron chi connectivity index (χ2n) is 4.99. The van der Waals surface area contributed by atoms with Gasteiger partial charge >= 0.3 is 0 Å². The summed E-state index contributed by atoms with van der Waals surface area (Å²) in [5.41, 5.74) is 1.88. The lowest BCUT2D eigenvalue weighted by molar-refractivity contribution is -0.120. The number of hydrogen-bond acceptors (Lipinski definition) is 4. The van der Waals surface area contributed by atoms with Crippen molar-refractivity contribution in [3.8, 4) is 0 Å². The molecular formula is C14H24ClN3O2. The minimum Gasteiger partial charge on any atom is -0.361 e. The predicted molar refractivity (Wildman–Crippen MR) is 80.2 cm³/mol. The van der Waals surface area contributed by atoms with E-state index in [2.05, 4.69) is 15.8 Å². The molecule has 0 saturated heterocycles. The van der Waals surface area contributed by atoms with Crippen molar-refractivity contribution in [3.05, 3.63) is 17.0 Å². The van der Waals surface area contributed by atoms with Crippen molar-refractivity contribution in [1.82, 2.24) is 15.8 Å². The zero-order valence-corrected chi connectivity index (χ0v) is 13.0. The number of carbonyl (C=O) groups is 1. The van der Waals surface area contributed by atoms with Crippen molar-refractivity contribution < 1.29 is 9.32 Å². The van der Waals surface area contributed by atoms with Crippen LogP contribution in [0.2, 0.25) is 0 Å².